The maximum atomic E-state index is 4.99. The summed E-state index contributed by atoms with van der Waals surface area (Å²) in [7, 11) is 0. The molecule has 2 rings (SSSR count). The number of hydrazine groups is 1. The minimum absolute atomic E-state index is 0.0937. The van der Waals surface area contributed by atoms with Gasteiger partial charge in [0.15, 0.2) is 12.5 Å². The average Bonchev–Trinajstić information content (AvgIpc) is 2.43. The molecule has 0 aromatic rings. The predicted octanol–water partition coefficient (Wildman–Crippen LogP) is -0.805. The molecule has 0 radical (unpaired) electrons. The maximum Gasteiger partial charge on any atom is 0.193 e. The summed E-state index contributed by atoms with van der Waals surface area (Å²) in [6.45, 7) is 1.89. The van der Waals surface area contributed by atoms with Crippen molar-refractivity contribution in [3.63, 3.8) is 0 Å². The van der Waals surface area contributed by atoms with E-state index in [0.29, 0.717) is 0 Å². The fourth-order valence-corrected chi connectivity index (χ4v) is 0.707. The molecule has 2 atom stereocenters. The molecule has 0 bridgehead atoms. The van der Waals surface area contributed by atoms with Gasteiger partial charge in [-0.2, -0.15) is 0 Å². The number of fused-ring (bicyclic) bond motifs is 1. The smallest absolute Gasteiger partial charge is 0.193 e. The van der Waals surface area contributed by atoms with Crippen LogP contribution in [-0.4, -0.2) is 18.3 Å². The summed E-state index contributed by atoms with van der Waals surface area (Å²) in [6, 6.07) is 0. The lowest BCUT2D eigenvalue weighted by molar-refractivity contribution is 0.348. The molecule has 0 amide bonds. The van der Waals surface area contributed by atoms with Crippen molar-refractivity contribution >= 4 is 5.84 Å². The number of aliphatic imine (C=N–C) groups is 1. The van der Waals surface area contributed by atoms with Gasteiger partial charge in [-0.25, -0.2) is 10.4 Å². The summed E-state index contributed by atoms with van der Waals surface area (Å²) in [6.07, 6.45) is 0.231. The summed E-state index contributed by atoms with van der Waals surface area (Å²) in [5.41, 5.74) is 5.75. The van der Waals surface area contributed by atoms with Gasteiger partial charge in [0.1, 0.15) is 5.84 Å². The third kappa shape index (κ3) is 0.502. The first-order valence-corrected chi connectivity index (χ1v) is 2.58. The molecule has 2 unspecified atom stereocenters. The zero-order valence-electron chi connectivity index (χ0n) is 4.51. The second-order valence-corrected chi connectivity index (χ2v) is 1.93. The first-order valence-electron chi connectivity index (χ1n) is 2.58. The Hall–Kier alpha value is -0.610. The first kappa shape index (κ1) is 4.29. The Morgan fingerprint density at radius 2 is 2.62 bits per heavy atom. The number of hydrogen-bond donors (Lipinski definition) is 2. The largest absolute Gasteiger partial charge is 0.328 e. The van der Waals surface area contributed by atoms with Gasteiger partial charge in [-0.15, -0.1) is 0 Å². The summed E-state index contributed by atoms with van der Waals surface area (Å²) in [4.78, 5) is 4.08. The van der Waals surface area contributed by atoms with E-state index in [1.165, 1.54) is 0 Å². The van der Waals surface area contributed by atoms with Gasteiger partial charge in [0.2, 0.25) is 0 Å². The van der Waals surface area contributed by atoms with E-state index >= 15 is 0 Å². The van der Waals surface area contributed by atoms with Crippen LogP contribution in [0.2, 0.25) is 0 Å². The Labute approximate surface area is 46.9 Å². The van der Waals surface area contributed by atoms with Gasteiger partial charge in [-0.05, 0) is 6.92 Å². The molecule has 0 aromatic carbocycles. The third-order valence-electron chi connectivity index (χ3n) is 1.18. The van der Waals surface area contributed by atoms with Gasteiger partial charge < -0.3 is 10.2 Å². The summed E-state index contributed by atoms with van der Waals surface area (Å²) in [5.74, 6) is 0.892. The standard InChI is InChI=1S/C4H7N3O/c1-2-5-3-4(8-3)7-6-2/h3-4,7H,1H3,(H,5,6). The van der Waals surface area contributed by atoms with Gasteiger partial charge in [0.25, 0.3) is 0 Å². The van der Waals surface area contributed by atoms with E-state index in [2.05, 4.69) is 15.8 Å². The molecule has 2 aliphatic rings. The molecule has 4 heteroatoms. The second kappa shape index (κ2) is 1.21. The maximum absolute atomic E-state index is 4.99. The van der Waals surface area contributed by atoms with Crippen molar-refractivity contribution in [1.82, 2.24) is 10.9 Å². The van der Waals surface area contributed by atoms with Gasteiger partial charge in [-0.1, -0.05) is 0 Å². The summed E-state index contributed by atoms with van der Waals surface area (Å²) >= 11 is 0. The van der Waals surface area contributed by atoms with E-state index in [1.807, 2.05) is 6.92 Å². The number of ether oxygens (including phenoxy) is 1. The fraction of sp³-hybridized carbons (Fsp3) is 0.750. The van der Waals surface area contributed by atoms with Crippen LogP contribution in [0.25, 0.3) is 0 Å². The number of hydrogen-bond acceptors (Lipinski definition) is 4. The number of epoxide rings is 1. The van der Waals surface area contributed by atoms with Crippen molar-refractivity contribution in [2.75, 3.05) is 0 Å². The van der Waals surface area contributed by atoms with Crippen LogP contribution in [0.4, 0.5) is 0 Å². The number of rotatable bonds is 0. The third-order valence-corrected chi connectivity index (χ3v) is 1.18. The fourth-order valence-electron chi connectivity index (χ4n) is 0.707. The average molecular weight is 113 g/mol. The molecule has 0 spiro atoms. The minimum atomic E-state index is 0.0937. The molecule has 0 saturated carbocycles. The first-order chi connectivity index (χ1) is 3.86. The Morgan fingerprint density at radius 3 is 3.25 bits per heavy atom. The number of nitrogens with zero attached hydrogens (tertiary/aromatic N) is 1. The summed E-state index contributed by atoms with van der Waals surface area (Å²) in [5, 5.41) is 0. The van der Waals surface area contributed by atoms with Crippen molar-refractivity contribution in [1.29, 1.82) is 0 Å². The molecule has 44 valence electrons. The Balaban J connectivity index is 2.15. The topological polar surface area (TPSA) is 49.0 Å². The molecule has 2 heterocycles. The molecular formula is C4H7N3O. The van der Waals surface area contributed by atoms with Crippen LogP contribution in [-0.2, 0) is 4.74 Å². The molecular weight excluding hydrogens is 106 g/mol. The SMILES string of the molecule is CC1=NC2OC2NN1. The van der Waals surface area contributed by atoms with Gasteiger partial charge in [0, 0.05) is 0 Å². The van der Waals surface area contributed by atoms with Crippen molar-refractivity contribution in [3.05, 3.63) is 0 Å². The van der Waals surface area contributed by atoms with Crippen LogP contribution in [0.15, 0.2) is 4.99 Å². The molecule has 0 aliphatic carbocycles. The highest BCUT2D eigenvalue weighted by molar-refractivity contribution is 5.79. The van der Waals surface area contributed by atoms with E-state index in [1.54, 1.807) is 0 Å². The second-order valence-electron chi connectivity index (χ2n) is 1.93. The number of amidine groups is 1. The Kier molecular flexibility index (Phi) is 0.648. The van der Waals surface area contributed by atoms with E-state index in [0.717, 1.165) is 5.84 Å². The summed E-state index contributed by atoms with van der Waals surface area (Å²) < 4.78 is 4.99. The van der Waals surface area contributed by atoms with Gasteiger partial charge in [0.05, 0.1) is 0 Å². The molecule has 1 saturated heterocycles. The van der Waals surface area contributed by atoms with Crippen LogP contribution >= 0.6 is 0 Å². The molecule has 4 nitrogen and oxygen atoms in total. The highest BCUT2D eigenvalue weighted by Gasteiger charge is 2.41. The lowest BCUT2D eigenvalue weighted by atomic mass is 10.6. The minimum Gasteiger partial charge on any atom is -0.328 e. The zero-order valence-corrected chi connectivity index (χ0v) is 4.51. The lowest BCUT2D eigenvalue weighted by Crippen LogP contribution is -2.42. The van der Waals surface area contributed by atoms with Gasteiger partial charge >= 0.3 is 0 Å². The van der Waals surface area contributed by atoms with Crippen LogP contribution in [0, 0.1) is 0 Å². The van der Waals surface area contributed by atoms with Crippen molar-refractivity contribution < 1.29 is 4.74 Å². The van der Waals surface area contributed by atoms with Crippen LogP contribution in [0.3, 0.4) is 0 Å². The zero-order chi connectivity index (χ0) is 5.56. The highest BCUT2D eigenvalue weighted by atomic mass is 16.6. The van der Waals surface area contributed by atoms with Crippen molar-refractivity contribution in [2.45, 2.75) is 19.4 Å². The number of nitrogens with one attached hydrogen (secondary N) is 2. The Bertz CT molecular complexity index is 144. The van der Waals surface area contributed by atoms with Gasteiger partial charge in [-0.3, -0.25) is 0 Å². The van der Waals surface area contributed by atoms with E-state index < -0.39 is 0 Å². The predicted molar refractivity (Wildman–Crippen MR) is 28.0 cm³/mol. The molecule has 1 fully saturated rings. The molecule has 2 N–H and O–H groups in total. The van der Waals surface area contributed by atoms with Crippen LogP contribution in [0.1, 0.15) is 6.92 Å². The molecule has 2 aliphatic heterocycles. The normalized spacial score (nSPS) is 41.9. The monoisotopic (exact) mass is 113 g/mol. The van der Waals surface area contributed by atoms with Crippen molar-refractivity contribution in [3.8, 4) is 0 Å². The molecule has 8 heavy (non-hydrogen) atoms. The van der Waals surface area contributed by atoms with Crippen LogP contribution in [0.5, 0.6) is 0 Å². The highest BCUT2D eigenvalue weighted by Crippen LogP contribution is 2.21. The Morgan fingerprint density at radius 1 is 1.75 bits per heavy atom. The van der Waals surface area contributed by atoms with Crippen LogP contribution < -0.4 is 10.9 Å². The van der Waals surface area contributed by atoms with E-state index in [-0.39, 0.29) is 12.5 Å². The molecule has 0 aromatic heterocycles. The van der Waals surface area contributed by atoms with Crippen molar-refractivity contribution in [2.24, 2.45) is 4.99 Å². The quantitative estimate of drug-likeness (QED) is 0.404. The van der Waals surface area contributed by atoms with E-state index in [9.17, 15) is 0 Å². The van der Waals surface area contributed by atoms with E-state index in [4.69, 9.17) is 4.74 Å². The lowest BCUT2D eigenvalue weighted by Gasteiger charge is -2.06.